The maximum atomic E-state index is 12.5. The smallest absolute Gasteiger partial charge is 0.356 e. The SMILES string of the molecule is CN=C(NCC1CCN(CC(F)(F)F)C1)NC1CCN(Cc2ccccc2)CC1.I. The summed E-state index contributed by atoms with van der Waals surface area (Å²) in [7, 11) is 1.74. The molecule has 0 aromatic heterocycles. The summed E-state index contributed by atoms with van der Waals surface area (Å²) in [5.41, 5.74) is 1.34. The Hall–Kier alpha value is -1.07. The largest absolute Gasteiger partial charge is 0.401 e. The molecule has 2 fully saturated rings. The Kier molecular flexibility index (Phi) is 10.2. The summed E-state index contributed by atoms with van der Waals surface area (Å²) >= 11 is 0. The molecule has 0 saturated carbocycles. The zero-order valence-corrected chi connectivity index (χ0v) is 19.8. The van der Waals surface area contributed by atoms with Gasteiger partial charge in [0.05, 0.1) is 6.54 Å². The Morgan fingerprint density at radius 3 is 2.37 bits per heavy atom. The van der Waals surface area contributed by atoms with Crippen LogP contribution in [0.1, 0.15) is 24.8 Å². The van der Waals surface area contributed by atoms with E-state index < -0.39 is 12.7 Å². The molecular weight excluding hydrogens is 506 g/mol. The highest BCUT2D eigenvalue weighted by Crippen LogP contribution is 2.22. The zero-order chi connectivity index (χ0) is 20.7. The molecule has 2 aliphatic rings. The Balaban J connectivity index is 0.00000320. The predicted octanol–water partition coefficient (Wildman–Crippen LogP) is 3.32. The Morgan fingerprint density at radius 2 is 1.73 bits per heavy atom. The topological polar surface area (TPSA) is 42.9 Å². The average molecular weight is 539 g/mol. The average Bonchev–Trinajstić information content (AvgIpc) is 3.12. The van der Waals surface area contributed by atoms with E-state index in [-0.39, 0.29) is 29.9 Å². The number of guanidine groups is 1. The zero-order valence-electron chi connectivity index (χ0n) is 17.5. The first kappa shape index (κ1) is 25.2. The van der Waals surface area contributed by atoms with E-state index >= 15 is 0 Å². The number of piperidine rings is 1. The summed E-state index contributed by atoms with van der Waals surface area (Å²) in [5.74, 6) is 0.976. The van der Waals surface area contributed by atoms with Gasteiger partial charge in [-0.2, -0.15) is 13.2 Å². The van der Waals surface area contributed by atoms with Gasteiger partial charge in [0.1, 0.15) is 0 Å². The van der Waals surface area contributed by atoms with E-state index in [1.165, 1.54) is 10.5 Å². The van der Waals surface area contributed by atoms with E-state index in [4.69, 9.17) is 0 Å². The number of alkyl halides is 3. The van der Waals surface area contributed by atoms with Crippen molar-refractivity contribution in [2.75, 3.05) is 46.3 Å². The molecule has 0 amide bonds. The minimum atomic E-state index is -4.12. The van der Waals surface area contributed by atoms with Crippen LogP contribution in [-0.2, 0) is 6.54 Å². The Morgan fingerprint density at radius 1 is 1.07 bits per heavy atom. The van der Waals surface area contributed by atoms with E-state index in [2.05, 4.69) is 44.8 Å². The number of hydrogen-bond acceptors (Lipinski definition) is 3. The summed E-state index contributed by atoms with van der Waals surface area (Å²) in [4.78, 5) is 8.26. The van der Waals surface area contributed by atoms with Gasteiger partial charge in [-0.15, -0.1) is 24.0 Å². The maximum absolute atomic E-state index is 12.5. The van der Waals surface area contributed by atoms with Crippen molar-refractivity contribution in [2.24, 2.45) is 10.9 Å². The lowest BCUT2D eigenvalue weighted by atomic mass is 10.0. The summed E-state index contributed by atoms with van der Waals surface area (Å²) in [6.07, 6.45) is -1.22. The van der Waals surface area contributed by atoms with Crippen LogP contribution in [-0.4, -0.2) is 74.3 Å². The van der Waals surface area contributed by atoms with E-state index in [0.717, 1.165) is 44.9 Å². The van der Waals surface area contributed by atoms with Crippen LogP contribution in [0.15, 0.2) is 35.3 Å². The number of rotatable bonds is 6. The van der Waals surface area contributed by atoms with Gasteiger partial charge in [-0.3, -0.25) is 14.8 Å². The van der Waals surface area contributed by atoms with Crippen LogP contribution in [0.3, 0.4) is 0 Å². The molecule has 0 bridgehead atoms. The molecule has 1 unspecified atom stereocenters. The molecule has 1 atom stereocenters. The van der Waals surface area contributed by atoms with Crippen LogP contribution in [0.25, 0.3) is 0 Å². The lowest BCUT2D eigenvalue weighted by molar-refractivity contribution is -0.143. The van der Waals surface area contributed by atoms with Gasteiger partial charge in [0.2, 0.25) is 0 Å². The number of nitrogens with zero attached hydrogens (tertiary/aromatic N) is 3. The molecular formula is C21H33F3IN5. The fourth-order valence-electron chi connectivity index (χ4n) is 4.18. The van der Waals surface area contributed by atoms with Crippen LogP contribution < -0.4 is 10.6 Å². The van der Waals surface area contributed by atoms with Gasteiger partial charge < -0.3 is 10.6 Å². The summed E-state index contributed by atoms with van der Waals surface area (Å²) < 4.78 is 37.6. The maximum Gasteiger partial charge on any atom is 0.401 e. The summed E-state index contributed by atoms with van der Waals surface area (Å²) in [6, 6.07) is 10.9. The van der Waals surface area contributed by atoms with Crippen molar-refractivity contribution in [2.45, 2.75) is 38.0 Å². The molecule has 0 spiro atoms. The van der Waals surface area contributed by atoms with Gasteiger partial charge in [-0.05, 0) is 37.3 Å². The molecule has 3 rings (SSSR count). The summed E-state index contributed by atoms with van der Waals surface area (Å²) in [5, 5.41) is 6.79. The highest BCUT2D eigenvalue weighted by Gasteiger charge is 2.34. The van der Waals surface area contributed by atoms with Crippen molar-refractivity contribution in [3.63, 3.8) is 0 Å². The van der Waals surface area contributed by atoms with E-state index in [1.807, 2.05) is 6.07 Å². The molecule has 1 aromatic carbocycles. The summed E-state index contributed by atoms with van der Waals surface area (Å²) in [6.45, 7) is 3.91. The van der Waals surface area contributed by atoms with E-state index in [1.54, 1.807) is 7.05 Å². The first-order valence-corrected chi connectivity index (χ1v) is 10.4. The van der Waals surface area contributed by atoms with E-state index in [0.29, 0.717) is 25.7 Å². The van der Waals surface area contributed by atoms with Crippen LogP contribution >= 0.6 is 24.0 Å². The Bertz CT molecular complexity index is 648. The van der Waals surface area contributed by atoms with Crippen molar-refractivity contribution >= 4 is 29.9 Å². The van der Waals surface area contributed by atoms with E-state index in [9.17, 15) is 13.2 Å². The number of hydrogen-bond donors (Lipinski definition) is 2. The highest BCUT2D eigenvalue weighted by molar-refractivity contribution is 14.0. The van der Waals surface area contributed by atoms with Gasteiger partial charge >= 0.3 is 6.18 Å². The second kappa shape index (κ2) is 12.1. The molecule has 5 nitrogen and oxygen atoms in total. The standard InChI is InChI=1S/C21H32F3N5.HI/c1-25-20(26-13-18-7-10-29(15-18)16-21(22,23)24)27-19-8-11-28(12-9-19)14-17-5-3-2-4-6-17;/h2-6,18-19H,7-16H2,1H3,(H2,25,26,27);1H. The van der Waals surface area contributed by atoms with Crippen molar-refractivity contribution in [1.29, 1.82) is 0 Å². The first-order chi connectivity index (χ1) is 13.9. The predicted molar refractivity (Wildman–Crippen MR) is 125 cm³/mol. The van der Waals surface area contributed by atoms with Gasteiger partial charge in [0.25, 0.3) is 0 Å². The number of nitrogens with one attached hydrogen (secondary N) is 2. The number of halogens is 4. The molecule has 0 radical (unpaired) electrons. The molecule has 9 heteroatoms. The highest BCUT2D eigenvalue weighted by atomic mass is 127. The van der Waals surface area contributed by atoms with Gasteiger partial charge in [-0.1, -0.05) is 30.3 Å². The van der Waals surface area contributed by atoms with Gasteiger partial charge in [-0.25, -0.2) is 0 Å². The van der Waals surface area contributed by atoms with Crippen molar-refractivity contribution in [3.05, 3.63) is 35.9 Å². The van der Waals surface area contributed by atoms with Crippen LogP contribution in [0.4, 0.5) is 13.2 Å². The number of likely N-dealkylation sites (tertiary alicyclic amines) is 2. The third-order valence-corrected chi connectivity index (χ3v) is 5.73. The molecule has 170 valence electrons. The fraction of sp³-hybridized carbons (Fsp3) is 0.667. The quantitative estimate of drug-likeness (QED) is 0.331. The minimum absolute atomic E-state index is 0. The third kappa shape index (κ3) is 8.58. The van der Waals surface area contributed by atoms with Gasteiger partial charge in [0.15, 0.2) is 5.96 Å². The van der Waals surface area contributed by atoms with Crippen LogP contribution in [0, 0.1) is 5.92 Å². The third-order valence-electron chi connectivity index (χ3n) is 5.73. The van der Waals surface area contributed by atoms with Crippen molar-refractivity contribution in [3.8, 4) is 0 Å². The van der Waals surface area contributed by atoms with Gasteiger partial charge in [0, 0.05) is 45.8 Å². The molecule has 2 saturated heterocycles. The second-order valence-corrected chi connectivity index (χ2v) is 8.14. The minimum Gasteiger partial charge on any atom is -0.356 e. The first-order valence-electron chi connectivity index (χ1n) is 10.4. The van der Waals surface area contributed by atoms with Crippen molar-refractivity contribution < 1.29 is 13.2 Å². The van der Waals surface area contributed by atoms with Crippen LogP contribution in [0.5, 0.6) is 0 Å². The fourth-order valence-corrected chi connectivity index (χ4v) is 4.18. The second-order valence-electron chi connectivity index (χ2n) is 8.14. The number of aliphatic imine (C=N–C) groups is 1. The lowest BCUT2D eigenvalue weighted by Gasteiger charge is -2.33. The lowest BCUT2D eigenvalue weighted by Crippen LogP contribution is -2.49. The molecule has 2 aliphatic heterocycles. The molecule has 30 heavy (non-hydrogen) atoms. The molecule has 2 N–H and O–H groups in total. The van der Waals surface area contributed by atoms with Crippen molar-refractivity contribution in [1.82, 2.24) is 20.4 Å². The Labute approximate surface area is 194 Å². The molecule has 0 aliphatic carbocycles. The normalized spacial score (nSPS) is 22.0. The molecule has 2 heterocycles. The number of benzene rings is 1. The monoisotopic (exact) mass is 539 g/mol. The van der Waals surface area contributed by atoms with Crippen LogP contribution in [0.2, 0.25) is 0 Å². The molecule has 1 aromatic rings.